The molecule has 0 fully saturated rings. The maximum Gasteiger partial charge on any atom is 1.00 e. The predicted octanol–water partition coefficient (Wildman–Crippen LogP) is -0.655. The second-order valence-corrected chi connectivity index (χ2v) is 7.49. The molecule has 1 nitrogen and oxygen atoms in total. The molecule has 0 saturated carbocycles. The van der Waals surface area contributed by atoms with Crippen LogP contribution in [0.25, 0.3) is 0 Å². The summed E-state index contributed by atoms with van der Waals surface area (Å²) in [7, 11) is 0. The molecule has 0 radical (unpaired) electrons. The van der Waals surface area contributed by atoms with Gasteiger partial charge in [0, 0.05) is 0 Å². The van der Waals surface area contributed by atoms with Crippen LogP contribution in [0.3, 0.4) is 0 Å². The zero-order valence-corrected chi connectivity index (χ0v) is 12.2. The van der Waals surface area contributed by atoms with E-state index >= 15 is 0 Å². The molecule has 12 heavy (non-hydrogen) atoms. The number of hydrogen-bond donors (Lipinski definition) is 0. The average molecular weight is 216 g/mol. The fraction of sp³-hybridized carbons (Fsp3) is 1.00. The monoisotopic (exact) mass is 216 g/mol. The molecule has 0 aromatic carbocycles. The van der Waals surface area contributed by atoms with Crippen LogP contribution in [-0.2, 0) is 11.8 Å². The molecule has 0 aromatic heterocycles. The molecule has 0 unspecified atom stereocenters. The van der Waals surface area contributed by atoms with E-state index in [4.69, 9.17) is 11.8 Å². The molecule has 4 heteroatoms. The Labute approximate surface area is 104 Å². The van der Waals surface area contributed by atoms with Crippen molar-refractivity contribution in [3.63, 3.8) is 0 Å². The molecule has 0 aliphatic heterocycles. The minimum atomic E-state index is -2.14. The van der Waals surface area contributed by atoms with Crippen molar-refractivity contribution >= 4 is 18.1 Å². The summed E-state index contributed by atoms with van der Waals surface area (Å²) in [6.45, 7) is 4.21. The van der Waals surface area contributed by atoms with Gasteiger partial charge in [-0.25, -0.2) is 0 Å². The molecule has 0 aliphatic rings. The first-order valence-corrected chi connectivity index (χ1v) is 7.50. The van der Waals surface area contributed by atoms with Crippen molar-refractivity contribution in [3.8, 4) is 0 Å². The fourth-order valence-corrected chi connectivity index (χ4v) is 3.50. The summed E-state index contributed by atoms with van der Waals surface area (Å²) >= 11 is 5.03. The zero-order chi connectivity index (χ0) is 8.74. The third kappa shape index (κ3) is 9.70. The van der Waals surface area contributed by atoms with Gasteiger partial charge in [-0.2, -0.15) is 0 Å². The van der Waals surface area contributed by atoms with Crippen molar-refractivity contribution in [2.24, 2.45) is 0 Å². The molecular weight excluding hydrogens is 198 g/mol. The van der Waals surface area contributed by atoms with Crippen LogP contribution in [0.5, 0.6) is 0 Å². The molecule has 0 amide bonds. The largest absolute Gasteiger partial charge is 1.00 e. The molecule has 0 rings (SSSR count). The second-order valence-electron chi connectivity index (χ2n) is 2.97. The molecule has 0 saturated heterocycles. The maximum absolute atomic E-state index is 11.5. The summed E-state index contributed by atoms with van der Waals surface area (Å²) in [5, 5.41) is 0. The van der Waals surface area contributed by atoms with Gasteiger partial charge in [0.15, 0.2) is 0 Å². The summed E-state index contributed by atoms with van der Waals surface area (Å²) in [5.41, 5.74) is 0. The van der Waals surface area contributed by atoms with E-state index in [9.17, 15) is 4.89 Å². The maximum atomic E-state index is 11.5. The Morgan fingerprint density at radius 2 is 1.42 bits per heavy atom. The molecule has 0 spiro atoms. The van der Waals surface area contributed by atoms with Crippen molar-refractivity contribution in [2.45, 2.75) is 39.5 Å². The molecule has 0 N–H and O–H groups in total. The van der Waals surface area contributed by atoms with Crippen LogP contribution in [0.1, 0.15) is 39.5 Å². The SMILES string of the molecule is CCCCP([O-])(=S)CCCC.[Na+]. The van der Waals surface area contributed by atoms with E-state index in [-0.39, 0.29) is 29.6 Å². The number of rotatable bonds is 6. The van der Waals surface area contributed by atoms with E-state index in [0.717, 1.165) is 38.0 Å². The molecule has 0 bridgehead atoms. The molecule has 0 atom stereocenters. The third-order valence-corrected chi connectivity index (χ3v) is 4.80. The summed E-state index contributed by atoms with van der Waals surface area (Å²) in [6, 6.07) is 0. The normalized spacial score (nSPS) is 10.9. The standard InChI is InChI=1S/C8H19OPS.Na/c1-3-5-7-10(9,11)8-6-4-2;/h3-8H2,1-2H3,(H,9,11);/q;+1/p-1. The van der Waals surface area contributed by atoms with Crippen molar-refractivity contribution in [1.29, 1.82) is 0 Å². The Morgan fingerprint density at radius 1 is 1.08 bits per heavy atom. The molecular formula is C8H18NaOPS. The average Bonchev–Trinajstić information content (AvgIpc) is 1.97. The summed E-state index contributed by atoms with van der Waals surface area (Å²) in [4.78, 5) is 11.5. The van der Waals surface area contributed by atoms with Crippen molar-refractivity contribution in [1.82, 2.24) is 0 Å². The van der Waals surface area contributed by atoms with Gasteiger partial charge >= 0.3 is 29.6 Å². The van der Waals surface area contributed by atoms with Crippen LogP contribution in [0, 0.1) is 0 Å². The van der Waals surface area contributed by atoms with Gasteiger partial charge in [0.2, 0.25) is 0 Å². The predicted molar refractivity (Wildman–Crippen MR) is 53.8 cm³/mol. The first-order valence-electron chi connectivity index (χ1n) is 4.41. The number of hydrogen-bond acceptors (Lipinski definition) is 2. The van der Waals surface area contributed by atoms with Gasteiger partial charge < -0.3 is 4.89 Å². The first-order chi connectivity index (χ1) is 5.12. The summed E-state index contributed by atoms with van der Waals surface area (Å²) in [5.74, 6) is 0. The van der Waals surface area contributed by atoms with E-state index in [0.29, 0.717) is 0 Å². The van der Waals surface area contributed by atoms with Gasteiger partial charge in [-0.15, -0.1) is 18.1 Å². The van der Waals surface area contributed by atoms with Crippen LogP contribution in [0.4, 0.5) is 0 Å². The second kappa shape index (κ2) is 9.18. The zero-order valence-electron chi connectivity index (χ0n) is 8.51. The molecule has 0 aliphatic carbocycles. The Balaban J connectivity index is 0. The molecule has 0 aromatic rings. The van der Waals surface area contributed by atoms with Crippen LogP contribution < -0.4 is 34.5 Å². The van der Waals surface area contributed by atoms with Crippen LogP contribution in [-0.4, -0.2) is 12.3 Å². The number of unbranched alkanes of at least 4 members (excludes halogenated alkanes) is 2. The molecule has 0 heterocycles. The first kappa shape index (κ1) is 16.1. The fourth-order valence-electron chi connectivity index (χ4n) is 0.910. The molecule has 68 valence electrons. The Hall–Kier alpha value is 1.61. The van der Waals surface area contributed by atoms with Gasteiger partial charge in [0.1, 0.15) is 0 Å². The van der Waals surface area contributed by atoms with Gasteiger partial charge in [0.05, 0.1) is 0 Å². The van der Waals surface area contributed by atoms with Crippen LogP contribution in [0.15, 0.2) is 0 Å². The van der Waals surface area contributed by atoms with Crippen LogP contribution in [0.2, 0.25) is 0 Å². The van der Waals surface area contributed by atoms with E-state index in [1.54, 1.807) is 0 Å². The Morgan fingerprint density at radius 3 is 1.67 bits per heavy atom. The van der Waals surface area contributed by atoms with E-state index in [2.05, 4.69) is 13.8 Å². The minimum Gasteiger partial charge on any atom is -0.821 e. The smallest absolute Gasteiger partial charge is 0.821 e. The van der Waals surface area contributed by atoms with Gasteiger partial charge in [-0.05, 0) is 25.2 Å². The van der Waals surface area contributed by atoms with Crippen molar-refractivity contribution in [2.75, 3.05) is 12.3 Å². The van der Waals surface area contributed by atoms with Crippen molar-refractivity contribution < 1.29 is 34.5 Å². The third-order valence-electron chi connectivity index (χ3n) is 1.70. The van der Waals surface area contributed by atoms with Crippen molar-refractivity contribution in [3.05, 3.63) is 0 Å². The summed E-state index contributed by atoms with van der Waals surface area (Å²) < 4.78 is 0. The minimum absolute atomic E-state index is 0. The Bertz CT molecular complexity index is 129. The van der Waals surface area contributed by atoms with Gasteiger partial charge in [-0.3, -0.25) is 0 Å². The van der Waals surface area contributed by atoms with E-state index in [1.807, 2.05) is 0 Å². The summed E-state index contributed by atoms with van der Waals surface area (Å²) in [6.07, 6.45) is 3.68. The van der Waals surface area contributed by atoms with Gasteiger partial charge in [-0.1, -0.05) is 26.7 Å². The quantitative estimate of drug-likeness (QED) is 0.435. The Kier molecular flexibility index (Phi) is 12.3. The topological polar surface area (TPSA) is 23.1 Å². The van der Waals surface area contributed by atoms with E-state index < -0.39 is 6.26 Å². The van der Waals surface area contributed by atoms with Gasteiger partial charge in [0.25, 0.3) is 0 Å². The van der Waals surface area contributed by atoms with E-state index in [1.165, 1.54) is 0 Å². The van der Waals surface area contributed by atoms with Crippen LogP contribution >= 0.6 is 6.26 Å².